The third-order valence-corrected chi connectivity index (χ3v) is 401. The van der Waals surface area contributed by atoms with Crippen LogP contribution < -0.4 is 0 Å². The number of rotatable bonds is 28. The van der Waals surface area contributed by atoms with Crippen LogP contribution in [-0.4, -0.2) is 1.28 Å². The molecule has 0 aliphatic rings. The molecule has 58 heteroatoms. The van der Waals surface area contributed by atoms with Crippen molar-refractivity contribution < 1.29 is 0 Å². The van der Waals surface area contributed by atoms with Gasteiger partial charge in [-0.25, -0.2) is 0 Å². The van der Waals surface area contributed by atoms with Crippen molar-refractivity contribution in [3.05, 3.63) is 0 Å². The van der Waals surface area contributed by atoms with Gasteiger partial charge in [-0.2, -0.15) is 0 Å². The standard InChI is InChI=1S/H60P58/c1-30-46(32(2)3)55(45(28)29)47(56(49(33(4)5)34(6)7)50(35(8)9)36(10)11)31-48(57(51(37(12)13)38(14)15)52(39(16)17)40(18)19)58(53(41(20)21)42(22)23)54(43(24)25)44(26)27/h30-31H,1-29H2/i31T. The van der Waals surface area contributed by atoms with E-state index in [4.69, 9.17) is 0 Å². The molecule has 0 heterocycles. The Morgan fingerprint density at radius 3 is 0.483 bits per heavy atom. The largest absolute Gasteiger partial charge is 0.109 e. The van der Waals surface area contributed by atoms with Gasteiger partial charge < -0.3 is 0 Å². The van der Waals surface area contributed by atoms with Gasteiger partial charge >= 0.3 is 0 Å². The van der Waals surface area contributed by atoms with Crippen LogP contribution in [0.4, 0.5) is 0 Å². The van der Waals surface area contributed by atoms with Crippen molar-refractivity contribution in [3.8, 4) is 0 Å². The van der Waals surface area contributed by atoms with Crippen LogP contribution in [0.1, 0.15) is 0 Å². The molecule has 58 heavy (non-hydrogen) atoms. The van der Waals surface area contributed by atoms with Gasteiger partial charge in [0.05, 0.1) is 1.28 Å². The van der Waals surface area contributed by atoms with Crippen LogP contribution in [0.3, 0.4) is 0 Å². The van der Waals surface area contributed by atoms with Crippen LogP contribution in [0, 0.1) is 0 Å². The third kappa shape index (κ3) is 30.2. The Bertz CT molecular complexity index is 917. The fourth-order valence-corrected chi connectivity index (χ4v) is 803. The fraction of sp³-hybridized carbons (Fsp3) is 0. The topological polar surface area (TPSA) is 0 Å². The van der Waals surface area contributed by atoms with Gasteiger partial charge in [0, 0.05) is 0 Å². The van der Waals surface area contributed by atoms with Crippen molar-refractivity contribution in [1.29, 1.82) is 1.28 Å². The van der Waals surface area contributed by atoms with Crippen LogP contribution in [0.2, 0.25) is 0 Å². The summed E-state index contributed by atoms with van der Waals surface area (Å²) in [5.41, 5.74) is 0. The highest BCUT2D eigenvalue weighted by Crippen LogP contribution is 3.43. The van der Waals surface area contributed by atoms with Gasteiger partial charge in [0.2, 0.25) is 0 Å². The summed E-state index contributed by atoms with van der Waals surface area (Å²) in [6, 6.07) is 0. The molecule has 0 aliphatic carbocycles. The second-order valence-electron chi connectivity index (χ2n) is 9.05. The zero-order valence-corrected chi connectivity index (χ0v) is 89.3. The average Bonchev–Trinajstić information content (AvgIpc) is 3.02. The fourth-order valence-electron chi connectivity index (χ4n) is 3.30. The minimum atomic E-state index is -0.965. The van der Waals surface area contributed by atoms with Crippen LogP contribution in [-0.2, 0) is 0 Å². The SMILES string of the molecule is [3H]P(P(P(P(P)P)P(PP)P(P)P)P(P(P(P)P)P(P)P)P(P(P)P)P(P)P)P(P(P(P(P)P)P(P)P)P(P(P)P)P(P)P)P(P(P(P)P)P(P)P)P(P(P)P)P(P)P. The molecule has 0 rings (SSSR count). The molecule has 350 valence electrons. The summed E-state index contributed by atoms with van der Waals surface area (Å²) in [5, 5.41) is 0. The summed E-state index contributed by atoms with van der Waals surface area (Å²) in [5.74, 6) is 0. The molecule has 0 aliphatic heterocycles. The van der Waals surface area contributed by atoms with Crippen LogP contribution in [0.15, 0.2) is 0 Å². The van der Waals surface area contributed by atoms with Gasteiger partial charge in [0.15, 0.2) is 0 Å². The van der Waals surface area contributed by atoms with E-state index in [1.807, 2.05) is 0 Å². The van der Waals surface area contributed by atoms with E-state index in [-0.39, 0.29) is 175 Å². The molecule has 0 aromatic carbocycles. The molecule has 0 nitrogen and oxygen atoms in total. The number of hydrogen-bond donors (Lipinski definition) is 0. The molecule has 0 saturated heterocycles. The predicted octanol–water partition coefficient (Wildman–Crippen LogP) is 33.9. The first-order valence-corrected chi connectivity index (χ1v) is 118. The van der Waals surface area contributed by atoms with Crippen molar-refractivity contribution in [1.82, 2.24) is 0 Å². The smallest absolute Gasteiger partial charge is 0.0690 e. The zero-order chi connectivity index (χ0) is 46.9. The first kappa shape index (κ1) is 81.0. The summed E-state index contributed by atoms with van der Waals surface area (Å²) < 4.78 is 12.2. The first-order valence-electron chi connectivity index (χ1n) is 13.6. The highest BCUT2D eigenvalue weighted by Gasteiger charge is 2.55. The quantitative estimate of drug-likeness (QED) is 0.0685. The second kappa shape index (κ2) is 46.1. The molecule has 34 unspecified atom stereocenters. The molecule has 0 fully saturated rings. The predicted molar refractivity (Wildman–Crippen MR) is 485 cm³/mol. The van der Waals surface area contributed by atoms with Gasteiger partial charge in [-0.15, -0.1) is 259 Å². The molecule has 0 N–H and O–H groups in total. The Morgan fingerprint density at radius 1 is 0.207 bits per heavy atom. The molecule has 0 saturated carbocycles. The molecule has 0 amide bonds. The third-order valence-electron chi connectivity index (χ3n) is 4.95. The van der Waals surface area contributed by atoms with E-state index in [9.17, 15) is 1.28 Å². The Labute approximate surface area is 458 Å². The minimum Gasteiger partial charge on any atom is -0.109 e. The summed E-state index contributed by atoms with van der Waals surface area (Å²) in [6.07, 6.45) is 0. The summed E-state index contributed by atoms with van der Waals surface area (Å²) in [4.78, 5) is 0. The summed E-state index contributed by atoms with van der Waals surface area (Å²) in [7, 11) is 100. The lowest BCUT2D eigenvalue weighted by Crippen LogP contribution is -1.67. The van der Waals surface area contributed by atoms with Crippen LogP contribution in [0.5, 0.6) is 0 Å². The normalized spacial score (nSPS) is 16.9. The van der Waals surface area contributed by atoms with E-state index in [0.717, 1.165) is 7.96 Å². The van der Waals surface area contributed by atoms with Crippen molar-refractivity contribution in [2.45, 2.75) is 0 Å². The van der Waals surface area contributed by atoms with E-state index in [1.165, 1.54) is 0 Å². The van der Waals surface area contributed by atoms with E-state index in [2.05, 4.69) is 259 Å². The van der Waals surface area contributed by atoms with Crippen molar-refractivity contribution >= 4 is 463 Å². The Morgan fingerprint density at radius 2 is 0.362 bits per heavy atom. The Balaban J connectivity index is 9.99. The van der Waals surface area contributed by atoms with E-state index in [1.54, 1.807) is 0 Å². The molecular weight excluding hydrogens is 1800 g/mol. The molecule has 0 bridgehead atoms. The van der Waals surface area contributed by atoms with E-state index in [0.29, 0.717) is 0 Å². The van der Waals surface area contributed by atoms with Gasteiger partial charge in [-0.05, 0) is 197 Å². The zero-order valence-electron chi connectivity index (χ0n) is 30.8. The molecule has 0 radical (unpaired) electrons. The first-order chi connectivity index (χ1) is 26.9. The van der Waals surface area contributed by atoms with Gasteiger partial charge in [-0.3, -0.25) is 0 Å². The maximum atomic E-state index is 12.2. The van der Waals surface area contributed by atoms with Crippen LogP contribution >= 0.6 is 463 Å². The average molecular weight is 1860 g/mol. The van der Waals surface area contributed by atoms with Gasteiger partial charge in [0.25, 0.3) is 0 Å². The lowest BCUT2D eigenvalue weighted by molar-refractivity contribution is 4.38. The summed E-state index contributed by atoms with van der Waals surface area (Å²) >= 11 is 0. The van der Waals surface area contributed by atoms with Crippen molar-refractivity contribution in [2.75, 3.05) is 0 Å². The van der Waals surface area contributed by atoms with Crippen molar-refractivity contribution in [3.63, 3.8) is 0 Å². The maximum absolute atomic E-state index is 12.2. The highest BCUT2D eigenvalue weighted by molar-refractivity contribution is 9.49. The summed E-state index contributed by atoms with van der Waals surface area (Å²) in [6.45, 7) is -8.18. The Kier molecular flexibility index (Phi) is 64.3. The molecule has 34 atom stereocenters. The van der Waals surface area contributed by atoms with E-state index >= 15 is 0 Å². The van der Waals surface area contributed by atoms with Gasteiger partial charge in [-0.1, -0.05) is 7.96 Å². The molecule has 0 aromatic heterocycles. The van der Waals surface area contributed by atoms with E-state index < -0.39 is 21.9 Å². The molecular formula is H60P58. The Hall–Kier alpha value is 24.9. The van der Waals surface area contributed by atoms with Crippen molar-refractivity contribution in [2.24, 2.45) is 0 Å². The number of hydrogen-bond acceptors (Lipinski definition) is 0. The van der Waals surface area contributed by atoms with Gasteiger partial charge in [0.1, 0.15) is 0 Å². The maximum Gasteiger partial charge on any atom is 0.0690 e. The lowest BCUT2D eigenvalue weighted by atomic mass is 28.4. The molecule has 0 spiro atoms. The highest BCUT2D eigenvalue weighted by atomic mass is 33.5. The minimum absolute atomic E-state index is 0.193. The lowest BCUT2D eigenvalue weighted by Gasteiger charge is -2.55. The monoisotopic (exact) mass is 1860 g/mol. The van der Waals surface area contributed by atoms with Crippen LogP contribution in [0.25, 0.3) is 0 Å². The second-order valence-corrected chi connectivity index (χ2v) is 244. The molecule has 0 aromatic rings.